The molecular weight excluding hydrogens is 454 g/mol. The molecule has 2 heterocycles. The van der Waals surface area contributed by atoms with Crippen molar-refractivity contribution >= 4 is 46.3 Å². The van der Waals surface area contributed by atoms with Gasteiger partial charge in [-0.3, -0.25) is 9.69 Å². The smallest absolute Gasteiger partial charge is 0.331 e. The van der Waals surface area contributed by atoms with Crippen molar-refractivity contribution < 1.29 is 19.1 Å². The molecule has 1 unspecified atom stereocenters. The molecule has 2 aromatic carbocycles. The Kier molecular flexibility index (Phi) is 7.11. The average Bonchev–Trinajstić information content (AvgIpc) is 3.39. The molecule has 33 heavy (non-hydrogen) atoms. The van der Waals surface area contributed by atoms with Crippen LogP contribution in [-0.4, -0.2) is 26.2 Å². The summed E-state index contributed by atoms with van der Waals surface area (Å²) in [6.45, 7) is 2.18. The zero-order chi connectivity index (χ0) is 23.4. The second-order valence-corrected chi connectivity index (χ2v) is 9.38. The molecule has 3 aromatic rings. The molecule has 1 saturated heterocycles. The van der Waals surface area contributed by atoms with Crippen molar-refractivity contribution in [1.29, 1.82) is 0 Å². The number of nitrogens with zero attached hydrogens (tertiary/aromatic N) is 1. The highest BCUT2D eigenvalue weighted by Gasteiger charge is 2.41. The fourth-order valence-corrected chi connectivity index (χ4v) is 4.96. The van der Waals surface area contributed by atoms with E-state index in [1.165, 1.54) is 5.56 Å². The van der Waals surface area contributed by atoms with Gasteiger partial charge in [0.05, 0.1) is 4.91 Å². The van der Waals surface area contributed by atoms with Gasteiger partial charge in [0.15, 0.2) is 6.04 Å². The van der Waals surface area contributed by atoms with Crippen molar-refractivity contribution in [3.05, 3.63) is 88.5 Å². The van der Waals surface area contributed by atoms with Gasteiger partial charge in [0.2, 0.25) is 0 Å². The molecule has 7 heteroatoms. The Balaban J connectivity index is 1.55. The number of benzene rings is 2. The third kappa shape index (κ3) is 5.10. The van der Waals surface area contributed by atoms with E-state index in [0.717, 1.165) is 41.5 Å². The van der Waals surface area contributed by atoms with E-state index in [2.05, 4.69) is 19.1 Å². The fourth-order valence-electron chi connectivity index (χ4n) is 3.67. The Morgan fingerprint density at radius 1 is 1.12 bits per heavy atom. The number of hydrogen-bond donors (Lipinski definition) is 1. The molecule has 0 bridgehead atoms. The number of carbonyl (C=O) groups is 2. The first-order valence-corrected chi connectivity index (χ1v) is 11.9. The molecule has 1 aromatic heterocycles. The molecule has 0 radical (unpaired) electrons. The standard InChI is InChI=1S/C26H23NO4S2/c1-2-3-7-17-10-12-18(13-11-17)21-15-14-20(31-21)16-22-24(28)27(26(32)33-22)23(25(29)30)19-8-5-4-6-9-19/h4-6,8-16,23H,2-3,7H2,1H3,(H,29,30)/b22-16-. The molecule has 1 aliphatic rings. The molecule has 5 nitrogen and oxygen atoms in total. The molecule has 1 aliphatic heterocycles. The predicted octanol–water partition coefficient (Wildman–Crippen LogP) is 6.32. The van der Waals surface area contributed by atoms with E-state index in [1.54, 1.807) is 42.5 Å². The van der Waals surface area contributed by atoms with Gasteiger partial charge in [-0.25, -0.2) is 4.79 Å². The minimum absolute atomic E-state index is 0.206. The highest BCUT2D eigenvalue weighted by molar-refractivity contribution is 8.26. The van der Waals surface area contributed by atoms with Crippen molar-refractivity contribution in [2.24, 2.45) is 0 Å². The minimum Gasteiger partial charge on any atom is -0.479 e. The number of rotatable bonds is 8. The number of thiocarbonyl (C=S) groups is 1. The van der Waals surface area contributed by atoms with E-state index >= 15 is 0 Å². The van der Waals surface area contributed by atoms with Gasteiger partial charge in [-0.2, -0.15) is 0 Å². The van der Waals surface area contributed by atoms with Crippen LogP contribution in [0.2, 0.25) is 0 Å². The SMILES string of the molecule is CCCCc1ccc(-c2ccc(/C=C3\SC(=S)N(C(C(=O)O)c4ccccc4)C3=O)o2)cc1. The first-order valence-electron chi connectivity index (χ1n) is 10.7. The van der Waals surface area contributed by atoms with E-state index < -0.39 is 17.9 Å². The first-order chi connectivity index (χ1) is 16.0. The van der Waals surface area contributed by atoms with Crippen molar-refractivity contribution in [3.63, 3.8) is 0 Å². The third-order valence-electron chi connectivity index (χ3n) is 5.39. The zero-order valence-corrected chi connectivity index (χ0v) is 19.7. The summed E-state index contributed by atoms with van der Waals surface area (Å²) in [7, 11) is 0. The van der Waals surface area contributed by atoms with Gasteiger partial charge in [-0.1, -0.05) is 91.9 Å². The summed E-state index contributed by atoms with van der Waals surface area (Å²) in [4.78, 5) is 26.6. The van der Waals surface area contributed by atoms with Crippen LogP contribution in [0.1, 0.15) is 42.7 Å². The minimum atomic E-state index is -1.18. The molecule has 1 fully saturated rings. The Labute approximate surface area is 202 Å². The van der Waals surface area contributed by atoms with Crippen LogP contribution in [0, 0.1) is 0 Å². The monoisotopic (exact) mass is 477 g/mol. The van der Waals surface area contributed by atoms with Crippen molar-refractivity contribution in [1.82, 2.24) is 4.90 Å². The summed E-state index contributed by atoms with van der Waals surface area (Å²) >= 11 is 6.44. The molecule has 0 aliphatic carbocycles. The van der Waals surface area contributed by atoms with Gasteiger partial charge >= 0.3 is 5.97 Å². The fraction of sp³-hybridized carbons (Fsp3) is 0.192. The highest BCUT2D eigenvalue weighted by Crippen LogP contribution is 2.38. The van der Waals surface area contributed by atoms with Crippen LogP contribution in [0.5, 0.6) is 0 Å². The van der Waals surface area contributed by atoms with Crippen LogP contribution >= 0.6 is 24.0 Å². The van der Waals surface area contributed by atoms with Gasteiger partial charge in [0.1, 0.15) is 15.8 Å². The number of aryl methyl sites for hydroxylation is 1. The van der Waals surface area contributed by atoms with Gasteiger partial charge in [0.25, 0.3) is 5.91 Å². The quantitative estimate of drug-likeness (QED) is 0.303. The van der Waals surface area contributed by atoms with Gasteiger partial charge in [0, 0.05) is 11.6 Å². The molecule has 4 rings (SSSR count). The van der Waals surface area contributed by atoms with Crippen molar-refractivity contribution in [2.75, 3.05) is 0 Å². The number of aliphatic carboxylic acids is 1. The van der Waals surface area contributed by atoms with Gasteiger partial charge < -0.3 is 9.52 Å². The maximum absolute atomic E-state index is 13.1. The van der Waals surface area contributed by atoms with E-state index in [1.807, 2.05) is 18.2 Å². The lowest BCUT2D eigenvalue weighted by molar-refractivity contribution is -0.145. The maximum atomic E-state index is 13.1. The Morgan fingerprint density at radius 3 is 2.52 bits per heavy atom. The van der Waals surface area contributed by atoms with Gasteiger partial charge in [-0.05, 0) is 36.1 Å². The second kappa shape index (κ2) is 10.2. The Morgan fingerprint density at radius 2 is 1.85 bits per heavy atom. The van der Waals surface area contributed by atoms with E-state index in [9.17, 15) is 14.7 Å². The third-order valence-corrected chi connectivity index (χ3v) is 6.72. The van der Waals surface area contributed by atoms with E-state index in [0.29, 0.717) is 22.0 Å². The van der Waals surface area contributed by atoms with Crippen LogP contribution in [-0.2, 0) is 16.0 Å². The highest BCUT2D eigenvalue weighted by atomic mass is 32.2. The largest absolute Gasteiger partial charge is 0.479 e. The Hall–Kier alpha value is -3.16. The summed E-state index contributed by atoms with van der Waals surface area (Å²) in [6, 6.07) is 19.4. The lowest BCUT2D eigenvalue weighted by Crippen LogP contribution is -2.37. The number of carboxylic acids is 1. The molecule has 1 atom stereocenters. The van der Waals surface area contributed by atoms with Crippen LogP contribution in [0.3, 0.4) is 0 Å². The number of amides is 1. The number of unbranched alkanes of at least 4 members (excludes halogenated alkanes) is 1. The first kappa shape index (κ1) is 23.0. The Bertz CT molecular complexity index is 1200. The topological polar surface area (TPSA) is 70.8 Å². The summed E-state index contributed by atoms with van der Waals surface area (Å²) in [6.07, 6.45) is 4.99. The molecular formula is C26H23NO4S2. The van der Waals surface area contributed by atoms with Crippen LogP contribution in [0.25, 0.3) is 17.4 Å². The maximum Gasteiger partial charge on any atom is 0.331 e. The predicted molar refractivity (Wildman–Crippen MR) is 135 cm³/mol. The molecule has 168 valence electrons. The summed E-state index contributed by atoms with van der Waals surface area (Å²) in [5, 5.41) is 9.79. The number of carboxylic acid groups (broad SMARTS) is 1. The number of furan rings is 1. The summed E-state index contributed by atoms with van der Waals surface area (Å²) in [5.41, 5.74) is 2.74. The molecule has 1 amide bonds. The van der Waals surface area contributed by atoms with E-state index in [4.69, 9.17) is 16.6 Å². The lowest BCUT2D eigenvalue weighted by atomic mass is 10.1. The van der Waals surface area contributed by atoms with E-state index in [-0.39, 0.29) is 4.32 Å². The summed E-state index contributed by atoms with van der Waals surface area (Å²) in [5.74, 6) is -0.375. The molecule has 0 saturated carbocycles. The zero-order valence-electron chi connectivity index (χ0n) is 18.1. The average molecular weight is 478 g/mol. The second-order valence-electron chi connectivity index (χ2n) is 7.71. The van der Waals surface area contributed by atoms with Gasteiger partial charge in [-0.15, -0.1) is 0 Å². The lowest BCUT2D eigenvalue weighted by Gasteiger charge is -2.23. The molecule has 0 spiro atoms. The number of hydrogen-bond acceptors (Lipinski definition) is 5. The number of thioether (sulfide) groups is 1. The summed E-state index contributed by atoms with van der Waals surface area (Å²) < 4.78 is 6.15. The van der Waals surface area contributed by atoms with Crippen molar-refractivity contribution in [2.45, 2.75) is 32.2 Å². The van der Waals surface area contributed by atoms with Crippen LogP contribution < -0.4 is 0 Å². The van der Waals surface area contributed by atoms with Crippen LogP contribution in [0.15, 0.2) is 76.1 Å². The number of carbonyl (C=O) groups excluding carboxylic acids is 1. The molecule has 1 N–H and O–H groups in total. The normalized spacial score (nSPS) is 15.9. The van der Waals surface area contributed by atoms with Crippen LogP contribution in [0.4, 0.5) is 0 Å². The van der Waals surface area contributed by atoms with Crippen molar-refractivity contribution in [3.8, 4) is 11.3 Å².